The maximum atomic E-state index is 15.5. The predicted molar refractivity (Wildman–Crippen MR) is 149 cm³/mol. The van der Waals surface area contributed by atoms with E-state index in [1.54, 1.807) is 24.3 Å². The van der Waals surface area contributed by atoms with Crippen molar-refractivity contribution in [2.45, 2.75) is 30.0 Å². The van der Waals surface area contributed by atoms with Crippen LogP contribution in [-0.2, 0) is 15.1 Å². The molecule has 208 valence electrons. The minimum Gasteiger partial charge on any atom is -0.494 e. The number of nitrogens with one attached hydrogen (secondary N) is 2. The second kappa shape index (κ2) is 10.4. The Morgan fingerprint density at radius 2 is 1.82 bits per heavy atom. The lowest BCUT2D eigenvalue weighted by Crippen LogP contribution is -2.49. The van der Waals surface area contributed by atoms with E-state index in [1.807, 2.05) is 0 Å². The Morgan fingerprint density at radius 1 is 1.10 bits per heavy atom. The summed E-state index contributed by atoms with van der Waals surface area (Å²) >= 11 is 12.3. The topological polar surface area (TPSA) is 146 Å². The van der Waals surface area contributed by atoms with Crippen LogP contribution in [0.1, 0.15) is 44.2 Å². The Morgan fingerprint density at radius 3 is 2.52 bits per heavy atom. The molecule has 2 heterocycles. The monoisotopic (exact) mass is 586 g/mol. The van der Waals surface area contributed by atoms with Gasteiger partial charge in [-0.25, -0.2) is 9.18 Å². The number of rotatable bonds is 6. The highest BCUT2D eigenvalue weighted by atomic mass is 35.5. The number of halogens is 3. The van der Waals surface area contributed by atoms with Gasteiger partial charge in [0.1, 0.15) is 16.9 Å². The molecule has 4 atom stereocenters. The lowest BCUT2D eigenvalue weighted by Gasteiger charge is -2.31. The number of carbonyl (C=O) groups is 3. The Balaban J connectivity index is 1.58. The molecule has 0 aliphatic carbocycles. The lowest BCUT2D eigenvalue weighted by atomic mass is 9.74. The van der Waals surface area contributed by atoms with E-state index in [0.717, 1.165) is 0 Å². The summed E-state index contributed by atoms with van der Waals surface area (Å²) in [5.41, 5.74) is 12.6. The number of esters is 1. The van der Waals surface area contributed by atoms with E-state index in [0.29, 0.717) is 16.3 Å². The SMILES string of the molecule is COC(=O)c1ccc(C(=O)C[C@@H]2N[C@@]3(C(=O)Nc4cc(Cl)ccc43)[C@@H](c3cccc(Cl)c3F)[C@@H]2N)c(N)c1OC. The molecule has 0 aromatic heterocycles. The van der Waals surface area contributed by atoms with E-state index in [9.17, 15) is 14.4 Å². The fourth-order valence-corrected chi connectivity index (χ4v) is 6.14. The maximum Gasteiger partial charge on any atom is 0.341 e. The van der Waals surface area contributed by atoms with Crippen LogP contribution in [0.4, 0.5) is 15.8 Å². The summed E-state index contributed by atoms with van der Waals surface area (Å²) in [5, 5.41) is 6.36. The van der Waals surface area contributed by atoms with Gasteiger partial charge in [0.15, 0.2) is 11.5 Å². The molecule has 9 nitrogen and oxygen atoms in total. The second-order valence-corrected chi connectivity index (χ2v) is 10.5. The van der Waals surface area contributed by atoms with Gasteiger partial charge in [-0.15, -0.1) is 0 Å². The average Bonchev–Trinajstić information content (AvgIpc) is 3.36. The summed E-state index contributed by atoms with van der Waals surface area (Å²) in [6.07, 6.45) is -0.206. The molecule has 3 aromatic carbocycles. The molecule has 0 unspecified atom stereocenters. The van der Waals surface area contributed by atoms with E-state index in [-0.39, 0.29) is 39.6 Å². The number of nitrogens with two attached hydrogens (primary N) is 2. The summed E-state index contributed by atoms with van der Waals surface area (Å²) in [6, 6.07) is 10.5. The molecule has 1 amide bonds. The molecule has 2 aliphatic rings. The number of amides is 1. The van der Waals surface area contributed by atoms with Gasteiger partial charge in [-0.1, -0.05) is 41.4 Å². The third-order valence-corrected chi connectivity index (χ3v) is 8.10. The predicted octanol–water partition coefficient (Wildman–Crippen LogP) is 4.01. The van der Waals surface area contributed by atoms with Crippen LogP contribution < -0.4 is 26.8 Å². The average molecular weight is 587 g/mol. The van der Waals surface area contributed by atoms with Gasteiger partial charge < -0.3 is 26.3 Å². The van der Waals surface area contributed by atoms with E-state index < -0.39 is 47.0 Å². The van der Waals surface area contributed by atoms with Crippen molar-refractivity contribution in [3.8, 4) is 5.75 Å². The van der Waals surface area contributed by atoms with Crippen LogP contribution in [0.15, 0.2) is 48.5 Å². The number of anilines is 2. The van der Waals surface area contributed by atoms with Crippen molar-refractivity contribution in [2.75, 3.05) is 25.3 Å². The Kier molecular flexibility index (Phi) is 7.22. The number of nitrogen functional groups attached to an aromatic ring is 1. The number of hydrogen-bond acceptors (Lipinski definition) is 8. The Bertz CT molecular complexity index is 1570. The summed E-state index contributed by atoms with van der Waals surface area (Å²) in [4.78, 5) is 39.3. The molecule has 6 N–H and O–H groups in total. The van der Waals surface area contributed by atoms with E-state index in [4.69, 9.17) is 44.1 Å². The van der Waals surface area contributed by atoms with Gasteiger partial charge in [0.05, 0.1) is 24.9 Å². The largest absolute Gasteiger partial charge is 0.494 e. The normalized spacial score (nSPS) is 23.1. The smallest absolute Gasteiger partial charge is 0.341 e. The zero-order valence-corrected chi connectivity index (χ0v) is 22.9. The molecule has 0 radical (unpaired) electrons. The first-order valence-corrected chi connectivity index (χ1v) is 13.0. The zero-order chi connectivity index (χ0) is 28.9. The second-order valence-electron chi connectivity index (χ2n) is 9.63. The maximum absolute atomic E-state index is 15.5. The van der Waals surface area contributed by atoms with Gasteiger partial charge in [0, 0.05) is 46.3 Å². The van der Waals surface area contributed by atoms with Gasteiger partial charge in [-0.3, -0.25) is 14.9 Å². The van der Waals surface area contributed by atoms with Crippen LogP contribution in [0.2, 0.25) is 10.0 Å². The molecule has 1 spiro atoms. The number of hydrogen-bond donors (Lipinski definition) is 4. The third-order valence-electron chi connectivity index (χ3n) is 7.57. The first-order valence-electron chi connectivity index (χ1n) is 12.2. The quantitative estimate of drug-likeness (QED) is 0.192. The summed E-state index contributed by atoms with van der Waals surface area (Å²) in [5.74, 6) is -3.24. The summed E-state index contributed by atoms with van der Waals surface area (Å²) in [6.45, 7) is 0. The van der Waals surface area contributed by atoms with Gasteiger partial charge in [0.25, 0.3) is 0 Å². The number of methoxy groups -OCH3 is 2. The zero-order valence-electron chi connectivity index (χ0n) is 21.4. The summed E-state index contributed by atoms with van der Waals surface area (Å²) in [7, 11) is 2.53. The van der Waals surface area contributed by atoms with Crippen molar-refractivity contribution in [3.63, 3.8) is 0 Å². The highest BCUT2D eigenvalue weighted by Gasteiger charge is 2.62. The number of benzene rings is 3. The lowest BCUT2D eigenvalue weighted by molar-refractivity contribution is -0.122. The van der Waals surface area contributed by atoms with Crippen LogP contribution >= 0.6 is 23.2 Å². The van der Waals surface area contributed by atoms with Crippen LogP contribution in [0.3, 0.4) is 0 Å². The van der Waals surface area contributed by atoms with Crippen molar-refractivity contribution in [1.29, 1.82) is 0 Å². The third kappa shape index (κ3) is 4.19. The first kappa shape index (κ1) is 27.9. The van der Waals surface area contributed by atoms with Crippen LogP contribution in [0.5, 0.6) is 5.75 Å². The highest BCUT2D eigenvalue weighted by molar-refractivity contribution is 6.31. The molecule has 2 aliphatic heterocycles. The molecule has 5 rings (SSSR count). The van der Waals surface area contributed by atoms with Gasteiger partial charge >= 0.3 is 5.97 Å². The van der Waals surface area contributed by atoms with Crippen molar-refractivity contribution < 1.29 is 28.2 Å². The standard InChI is InChI=1S/C28H25Cl2FN4O5/c1-39-25-15(26(37)40-2)8-7-13(23(25)32)20(36)11-19-24(33)21(14-4-3-5-17(30)22(14)31)28(35-19)16-9-6-12(29)10-18(16)34-27(28)38/h3-10,19,21,24,35H,11,32-33H2,1-2H3,(H,34,38)/t19-,21-,24+,28+/m0/s1. The minimum atomic E-state index is -1.52. The molecular formula is C28H25Cl2FN4O5. The number of ether oxygens (including phenoxy) is 2. The van der Waals surface area contributed by atoms with Gasteiger partial charge in [-0.2, -0.15) is 0 Å². The van der Waals surface area contributed by atoms with Crippen molar-refractivity contribution in [2.24, 2.45) is 5.73 Å². The highest BCUT2D eigenvalue weighted by Crippen LogP contribution is 2.52. The molecule has 0 bridgehead atoms. The molecular weight excluding hydrogens is 562 g/mol. The fourth-order valence-electron chi connectivity index (χ4n) is 5.79. The summed E-state index contributed by atoms with van der Waals surface area (Å²) < 4.78 is 25.5. The molecule has 40 heavy (non-hydrogen) atoms. The molecule has 0 saturated carbocycles. The number of ketones is 1. The number of fused-ring (bicyclic) bond motifs is 2. The van der Waals surface area contributed by atoms with Gasteiger partial charge in [-0.05, 0) is 35.9 Å². The number of Topliss-reactive ketones (excluding diaryl/α,β-unsaturated/α-hetero) is 1. The van der Waals surface area contributed by atoms with Crippen molar-refractivity contribution in [3.05, 3.63) is 86.6 Å². The Labute approximate surface area is 238 Å². The van der Waals surface area contributed by atoms with Gasteiger partial charge in [0.2, 0.25) is 5.91 Å². The first-order chi connectivity index (χ1) is 19.0. The Hall–Kier alpha value is -3.70. The van der Waals surface area contributed by atoms with Crippen LogP contribution in [0.25, 0.3) is 0 Å². The van der Waals surface area contributed by atoms with E-state index >= 15 is 4.39 Å². The number of carbonyl (C=O) groups excluding carboxylic acids is 3. The molecule has 1 saturated heterocycles. The fraction of sp³-hybridized carbons (Fsp3) is 0.250. The van der Waals surface area contributed by atoms with E-state index in [1.165, 1.54) is 38.5 Å². The molecule has 3 aromatic rings. The van der Waals surface area contributed by atoms with Crippen molar-refractivity contribution >= 4 is 52.2 Å². The van der Waals surface area contributed by atoms with Crippen LogP contribution in [0, 0.1) is 5.82 Å². The van der Waals surface area contributed by atoms with Crippen molar-refractivity contribution in [1.82, 2.24) is 5.32 Å². The minimum absolute atomic E-state index is 0.00213. The molecule has 1 fully saturated rings. The molecule has 12 heteroatoms. The van der Waals surface area contributed by atoms with E-state index in [2.05, 4.69) is 10.6 Å². The van der Waals surface area contributed by atoms with Crippen LogP contribution in [-0.4, -0.2) is 44.0 Å².